The second-order valence-corrected chi connectivity index (χ2v) is 4.73. The zero-order valence-electron chi connectivity index (χ0n) is 9.53. The highest BCUT2D eigenvalue weighted by Crippen LogP contribution is 2.31. The lowest BCUT2D eigenvalue weighted by atomic mass is 9.95. The van der Waals surface area contributed by atoms with Crippen molar-refractivity contribution >= 4 is 0 Å². The number of rotatable bonds is 4. The molecule has 0 aromatic carbocycles. The minimum Gasteiger partial charge on any atom is -0.324 e. The van der Waals surface area contributed by atoms with Crippen molar-refractivity contribution in [2.45, 2.75) is 44.6 Å². The molecule has 1 atom stereocenters. The van der Waals surface area contributed by atoms with Crippen molar-refractivity contribution in [2.24, 2.45) is 11.7 Å². The average molecular weight is 222 g/mol. The molecule has 2 nitrogen and oxygen atoms in total. The van der Waals surface area contributed by atoms with Crippen LogP contribution in [0.15, 0.2) is 18.5 Å². The summed E-state index contributed by atoms with van der Waals surface area (Å²) in [7, 11) is 0. The van der Waals surface area contributed by atoms with Crippen LogP contribution in [-0.4, -0.2) is 4.98 Å². The summed E-state index contributed by atoms with van der Waals surface area (Å²) in [6.45, 7) is 0. The first-order chi connectivity index (χ1) is 7.77. The first kappa shape index (κ1) is 11.5. The van der Waals surface area contributed by atoms with Crippen LogP contribution in [0, 0.1) is 11.7 Å². The van der Waals surface area contributed by atoms with Gasteiger partial charge in [-0.2, -0.15) is 0 Å². The molecule has 2 N–H and O–H groups in total. The molecule has 1 unspecified atom stereocenters. The maximum atomic E-state index is 13.4. The molecule has 0 aliphatic heterocycles. The van der Waals surface area contributed by atoms with E-state index < -0.39 is 0 Å². The van der Waals surface area contributed by atoms with Gasteiger partial charge in [0, 0.05) is 17.8 Å². The Morgan fingerprint density at radius 1 is 1.44 bits per heavy atom. The molecule has 1 aromatic heterocycles. The second kappa shape index (κ2) is 5.39. The molecule has 1 saturated carbocycles. The van der Waals surface area contributed by atoms with Crippen molar-refractivity contribution in [2.75, 3.05) is 0 Å². The Kier molecular flexibility index (Phi) is 3.88. The van der Waals surface area contributed by atoms with Gasteiger partial charge in [-0.15, -0.1) is 0 Å². The van der Waals surface area contributed by atoms with Crippen LogP contribution >= 0.6 is 0 Å². The molecule has 0 saturated heterocycles. The second-order valence-electron chi connectivity index (χ2n) is 4.73. The summed E-state index contributed by atoms with van der Waals surface area (Å²) in [4.78, 5) is 3.73. The van der Waals surface area contributed by atoms with E-state index in [0.717, 1.165) is 18.8 Å². The van der Waals surface area contributed by atoms with Gasteiger partial charge in [0.15, 0.2) is 0 Å². The van der Waals surface area contributed by atoms with Crippen LogP contribution in [0.5, 0.6) is 0 Å². The van der Waals surface area contributed by atoms with Gasteiger partial charge in [-0.25, -0.2) is 4.39 Å². The third kappa shape index (κ3) is 2.79. The van der Waals surface area contributed by atoms with E-state index in [4.69, 9.17) is 5.73 Å². The van der Waals surface area contributed by atoms with Gasteiger partial charge in [-0.1, -0.05) is 25.7 Å². The minimum absolute atomic E-state index is 0.177. The molecule has 1 heterocycles. The highest BCUT2D eigenvalue weighted by Gasteiger charge is 2.17. The topological polar surface area (TPSA) is 38.9 Å². The van der Waals surface area contributed by atoms with Gasteiger partial charge < -0.3 is 5.73 Å². The standard InChI is InChI=1S/C13H19FN2/c14-12-9-16-8-7-11(12)13(15)6-5-10-3-1-2-4-10/h7-10,13H,1-6,15H2. The normalized spacial score (nSPS) is 18.9. The molecular formula is C13H19FN2. The lowest BCUT2D eigenvalue weighted by molar-refractivity contribution is 0.446. The van der Waals surface area contributed by atoms with Gasteiger partial charge in [-0.3, -0.25) is 4.98 Å². The molecule has 0 bridgehead atoms. The fourth-order valence-corrected chi connectivity index (χ4v) is 2.56. The van der Waals surface area contributed by atoms with Crippen LogP contribution in [0.2, 0.25) is 0 Å². The van der Waals surface area contributed by atoms with Gasteiger partial charge in [-0.05, 0) is 24.8 Å². The van der Waals surface area contributed by atoms with E-state index in [1.807, 2.05) is 0 Å². The molecule has 1 aromatic rings. The largest absolute Gasteiger partial charge is 0.324 e. The van der Waals surface area contributed by atoms with Gasteiger partial charge >= 0.3 is 0 Å². The molecule has 2 rings (SSSR count). The zero-order valence-corrected chi connectivity index (χ0v) is 9.53. The van der Waals surface area contributed by atoms with Gasteiger partial charge in [0.25, 0.3) is 0 Å². The average Bonchev–Trinajstić information content (AvgIpc) is 2.79. The van der Waals surface area contributed by atoms with E-state index in [-0.39, 0.29) is 11.9 Å². The van der Waals surface area contributed by atoms with Gasteiger partial charge in [0.1, 0.15) is 5.82 Å². The van der Waals surface area contributed by atoms with Crippen molar-refractivity contribution in [1.29, 1.82) is 0 Å². The van der Waals surface area contributed by atoms with Crippen molar-refractivity contribution in [3.8, 4) is 0 Å². The quantitative estimate of drug-likeness (QED) is 0.849. The van der Waals surface area contributed by atoms with Gasteiger partial charge in [0.05, 0.1) is 6.20 Å². The third-order valence-electron chi connectivity index (χ3n) is 3.56. The first-order valence-electron chi connectivity index (χ1n) is 6.12. The Balaban J connectivity index is 1.87. The van der Waals surface area contributed by atoms with Crippen LogP contribution in [0.25, 0.3) is 0 Å². The number of hydrogen-bond donors (Lipinski definition) is 1. The van der Waals surface area contributed by atoms with E-state index in [1.165, 1.54) is 31.9 Å². The zero-order chi connectivity index (χ0) is 11.4. The molecule has 0 amide bonds. The fourth-order valence-electron chi connectivity index (χ4n) is 2.56. The van der Waals surface area contributed by atoms with Crippen LogP contribution in [0.1, 0.15) is 50.1 Å². The highest BCUT2D eigenvalue weighted by atomic mass is 19.1. The minimum atomic E-state index is -0.276. The number of pyridine rings is 1. The Hall–Kier alpha value is -0.960. The Labute approximate surface area is 96.1 Å². The monoisotopic (exact) mass is 222 g/mol. The van der Waals surface area contributed by atoms with Crippen molar-refractivity contribution in [1.82, 2.24) is 4.98 Å². The van der Waals surface area contributed by atoms with E-state index >= 15 is 0 Å². The molecule has 0 spiro atoms. The molecule has 88 valence electrons. The number of aromatic nitrogens is 1. The van der Waals surface area contributed by atoms with Crippen LogP contribution in [0.4, 0.5) is 4.39 Å². The van der Waals surface area contributed by atoms with Crippen LogP contribution < -0.4 is 5.73 Å². The van der Waals surface area contributed by atoms with E-state index in [9.17, 15) is 4.39 Å². The third-order valence-corrected chi connectivity index (χ3v) is 3.56. The molecule has 1 aliphatic rings. The Morgan fingerprint density at radius 2 is 2.19 bits per heavy atom. The number of nitrogens with zero attached hydrogens (tertiary/aromatic N) is 1. The predicted molar refractivity (Wildman–Crippen MR) is 62.3 cm³/mol. The lowest BCUT2D eigenvalue weighted by Crippen LogP contribution is -2.13. The molecule has 1 aliphatic carbocycles. The summed E-state index contributed by atoms with van der Waals surface area (Å²) < 4.78 is 13.4. The lowest BCUT2D eigenvalue weighted by Gasteiger charge is -2.15. The van der Waals surface area contributed by atoms with Crippen molar-refractivity contribution < 1.29 is 4.39 Å². The summed E-state index contributed by atoms with van der Waals surface area (Å²) in [5, 5.41) is 0. The fraction of sp³-hybridized carbons (Fsp3) is 0.615. The number of halogens is 1. The van der Waals surface area contributed by atoms with E-state index in [1.54, 1.807) is 12.3 Å². The predicted octanol–water partition coefficient (Wildman–Crippen LogP) is 3.19. The van der Waals surface area contributed by atoms with Crippen LogP contribution in [0.3, 0.4) is 0 Å². The molecule has 16 heavy (non-hydrogen) atoms. The summed E-state index contributed by atoms with van der Waals surface area (Å²) in [5.41, 5.74) is 6.61. The van der Waals surface area contributed by atoms with E-state index in [2.05, 4.69) is 4.98 Å². The SMILES string of the molecule is NC(CCC1CCCC1)c1ccncc1F. The number of nitrogens with two attached hydrogens (primary N) is 1. The summed E-state index contributed by atoms with van der Waals surface area (Å²) >= 11 is 0. The Morgan fingerprint density at radius 3 is 2.88 bits per heavy atom. The Bertz CT molecular complexity index is 334. The number of hydrogen-bond acceptors (Lipinski definition) is 2. The summed E-state index contributed by atoms with van der Waals surface area (Å²) in [5.74, 6) is 0.539. The van der Waals surface area contributed by atoms with Crippen LogP contribution in [-0.2, 0) is 0 Å². The van der Waals surface area contributed by atoms with Gasteiger partial charge in [0.2, 0.25) is 0 Å². The highest BCUT2D eigenvalue weighted by molar-refractivity contribution is 5.16. The van der Waals surface area contributed by atoms with Crippen molar-refractivity contribution in [3.63, 3.8) is 0 Å². The molecule has 1 fully saturated rings. The summed E-state index contributed by atoms with van der Waals surface area (Å²) in [6, 6.07) is 1.51. The summed E-state index contributed by atoms with van der Waals surface area (Å²) in [6.07, 6.45) is 10.2. The smallest absolute Gasteiger partial charge is 0.146 e. The molecule has 3 heteroatoms. The molecular weight excluding hydrogens is 203 g/mol. The maximum Gasteiger partial charge on any atom is 0.146 e. The van der Waals surface area contributed by atoms with Crippen molar-refractivity contribution in [3.05, 3.63) is 29.8 Å². The first-order valence-corrected chi connectivity index (χ1v) is 6.12. The maximum absolute atomic E-state index is 13.4. The van der Waals surface area contributed by atoms with E-state index in [0.29, 0.717) is 5.56 Å². The molecule has 0 radical (unpaired) electrons.